The number of pyridine rings is 1. The summed E-state index contributed by atoms with van der Waals surface area (Å²) in [6.45, 7) is 5.13. The van der Waals surface area contributed by atoms with Crippen molar-refractivity contribution in [3.05, 3.63) is 77.4 Å². The number of aryl methyl sites for hydroxylation is 1. The Kier molecular flexibility index (Phi) is 9.60. The predicted molar refractivity (Wildman–Crippen MR) is 175 cm³/mol. The van der Waals surface area contributed by atoms with Gasteiger partial charge in [-0.15, -0.1) is 5.10 Å². The third-order valence-electron chi connectivity index (χ3n) is 8.63. The van der Waals surface area contributed by atoms with Gasteiger partial charge in [0.25, 0.3) is 5.91 Å². The van der Waals surface area contributed by atoms with E-state index in [0.717, 1.165) is 30.2 Å². The topological polar surface area (TPSA) is 112 Å². The number of unbranched alkanes of at least 4 members (excludes halogenated alkanes) is 1. The lowest BCUT2D eigenvalue weighted by Crippen LogP contribution is -2.49. The predicted octanol–water partition coefficient (Wildman–Crippen LogP) is 4.92. The van der Waals surface area contributed by atoms with Crippen LogP contribution in [0.5, 0.6) is 5.75 Å². The third kappa shape index (κ3) is 6.88. The fourth-order valence-electron chi connectivity index (χ4n) is 6.12. The van der Waals surface area contributed by atoms with Gasteiger partial charge in [0.05, 0.1) is 31.6 Å². The summed E-state index contributed by atoms with van der Waals surface area (Å²) < 4.78 is 36.9. The van der Waals surface area contributed by atoms with Crippen LogP contribution in [0, 0.1) is 11.6 Å². The lowest BCUT2D eigenvalue weighted by molar-refractivity contribution is -0.131. The van der Waals surface area contributed by atoms with Crippen LogP contribution in [0.3, 0.4) is 0 Å². The number of carbonyl (C=O) groups excluding carboxylic acids is 2. The molecule has 2 amide bonds. The highest BCUT2D eigenvalue weighted by atomic mass is 19.1. The maximum absolute atomic E-state index is 16.3. The zero-order chi connectivity index (χ0) is 32.9. The first kappa shape index (κ1) is 31.9. The Labute approximate surface area is 271 Å². The van der Waals surface area contributed by atoms with Crippen molar-refractivity contribution in [2.75, 3.05) is 51.3 Å². The average Bonchev–Trinajstić information content (AvgIpc) is 3.79. The number of H-pyrrole nitrogens is 1. The molecule has 0 aliphatic carbocycles. The Bertz CT molecular complexity index is 1810. The second-order valence-electron chi connectivity index (χ2n) is 11.7. The number of aromatic nitrogens is 5. The number of hydrogen-bond acceptors (Lipinski definition) is 7. The van der Waals surface area contributed by atoms with Gasteiger partial charge in [-0.1, -0.05) is 36.8 Å². The van der Waals surface area contributed by atoms with Gasteiger partial charge in [0.2, 0.25) is 5.91 Å². The van der Waals surface area contributed by atoms with E-state index in [0.29, 0.717) is 80.4 Å². The molecule has 2 aliphatic heterocycles. The van der Waals surface area contributed by atoms with Gasteiger partial charge < -0.3 is 24.4 Å². The van der Waals surface area contributed by atoms with E-state index in [9.17, 15) is 14.0 Å². The van der Waals surface area contributed by atoms with Crippen LogP contribution in [0.2, 0.25) is 0 Å². The number of benzene rings is 1. The van der Waals surface area contributed by atoms with Gasteiger partial charge in [0, 0.05) is 68.9 Å². The van der Waals surface area contributed by atoms with Crippen LogP contribution in [0.15, 0.2) is 48.9 Å². The number of aromatic amines is 1. The minimum absolute atomic E-state index is 0.0304. The first-order chi connectivity index (χ1) is 22.9. The Morgan fingerprint density at radius 3 is 2.66 bits per heavy atom. The molecule has 0 atom stereocenters. The van der Waals surface area contributed by atoms with Crippen molar-refractivity contribution in [2.24, 2.45) is 0 Å². The molecule has 0 bridgehead atoms. The first-order valence-corrected chi connectivity index (χ1v) is 15.9. The number of nitrogens with zero attached hydrogens (tertiary/aromatic N) is 7. The van der Waals surface area contributed by atoms with Gasteiger partial charge in [0.1, 0.15) is 11.5 Å². The zero-order valence-corrected chi connectivity index (χ0v) is 26.6. The summed E-state index contributed by atoms with van der Waals surface area (Å²) in [5.41, 5.74) is 2.51. The summed E-state index contributed by atoms with van der Waals surface area (Å²) >= 11 is 0. The van der Waals surface area contributed by atoms with Gasteiger partial charge in [-0.2, -0.15) is 0 Å². The van der Waals surface area contributed by atoms with Gasteiger partial charge in [-0.05, 0) is 36.1 Å². The number of methoxy groups -OCH3 is 1. The SMILES string of the molecule is CCC/C=C/c1cc(C2=CCCN(C(=O)CCn3ccnn3)C2)c(F)c2[nH]c(C(=O)N3CCN(c4ncc(F)cc4OC)CC3)cc12. The Balaban J connectivity index is 1.22. The highest BCUT2D eigenvalue weighted by Crippen LogP contribution is 2.33. The molecule has 1 fully saturated rings. The standard InChI is InChI=1S/C34H38F2N8O3/c1-3-4-5-7-23-18-26(24-8-6-11-43(22-24)30(45)9-12-44-13-10-38-40-44)31(36)32-27(23)20-28(39-32)34(46)42-16-14-41(15-17-42)33-29(47-2)19-25(35)21-37-33/h5,7-8,10,13,18-21,39H,3-4,6,9,11-12,14-17,22H2,1-2H3/b7-5+. The monoisotopic (exact) mass is 644 g/mol. The second-order valence-corrected chi connectivity index (χ2v) is 11.7. The van der Waals surface area contributed by atoms with E-state index in [1.165, 1.54) is 13.2 Å². The maximum atomic E-state index is 16.3. The fraction of sp³-hybridized carbons (Fsp3) is 0.382. The molecule has 1 saturated heterocycles. The number of rotatable bonds is 10. The van der Waals surface area contributed by atoms with Crippen LogP contribution < -0.4 is 9.64 Å². The van der Waals surface area contributed by atoms with E-state index in [1.54, 1.807) is 32.9 Å². The van der Waals surface area contributed by atoms with Crippen molar-refractivity contribution in [3.63, 3.8) is 0 Å². The van der Waals surface area contributed by atoms with Gasteiger partial charge in [0.15, 0.2) is 17.4 Å². The number of allylic oxidation sites excluding steroid dienone is 1. The molecule has 47 heavy (non-hydrogen) atoms. The van der Waals surface area contributed by atoms with Crippen molar-refractivity contribution < 1.29 is 23.1 Å². The van der Waals surface area contributed by atoms with E-state index >= 15 is 4.39 Å². The fourth-order valence-corrected chi connectivity index (χ4v) is 6.12. The van der Waals surface area contributed by atoms with E-state index < -0.39 is 11.6 Å². The molecule has 4 aromatic rings. The number of halogens is 2. The minimum atomic E-state index is -0.484. The van der Waals surface area contributed by atoms with Crippen molar-refractivity contribution in [3.8, 4) is 5.75 Å². The van der Waals surface area contributed by atoms with Crippen molar-refractivity contribution >= 4 is 40.2 Å². The van der Waals surface area contributed by atoms with Crippen molar-refractivity contribution in [1.82, 2.24) is 34.8 Å². The largest absolute Gasteiger partial charge is 0.493 e. The normalized spacial score (nSPS) is 15.5. The number of anilines is 1. The van der Waals surface area contributed by atoms with Crippen LogP contribution in [0.4, 0.5) is 14.6 Å². The summed E-state index contributed by atoms with van der Waals surface area (Å²) in [4.78, 5) is 39.5. The lowest BCUT2D eigenvalue weighted by atomic mass is 9.95. The number of nitrogens with one attached hydrogen (secondary N) is 1. The maximum Gasteiger partial charge on any atom is 0.270 e. The van der Waals surface area contributed by atoms with E-state index in [4.69, 9.17) is 4.74 Å². The molecule has 0 saturated carbocycles. The molecule has 0 unspecified atom stereocenters. The Morgan fingerprint density at radius 2 is 1.91 bits per heavy atom. The summed E-state index contributed by atoms with van der Waals surface area (Å²) in [6.07, 6.45) is 13.2. The smallest absolute Gasteiger partial charge is 0.270 e. The summed E-state index contributed by atoms with van der Waals surface area (Å²) in [6, 6.07) is 4.84. The number of piperazine rings is 1. The molecule has 11 nitrogen and oxygen atoms in total. The molecule has 5 heterocycles. The van der Waals surface area contributed by atoms with Crippen LogP contribution in [0.1, 0.15) is 54.2 Å². The Hall–Kier alpha value is -5.07. The highest BCUT2D eigenvalue weighted by molar-refractivity contribution is 6.01. The molecule has 2 aliphatic rings. The van der Waals surface area contributed by atoms with E-state index in [1.807, 2.05) is 23.1 Å². The molecular formula is C34H38F2N8O3. The van der Waals surface area contributed by atoms with Crippen molar-refractivity contribution in [1.29, 1.82) is 0 Å². The highest BCUT2D eigenvalue weighted by Gasteiger charge is 2.28. The summed E-state index contributed by atoms with van der Waals surface area (Å²) in [7, 11) is 1.47. The molecule has 0 radical (unpaired) electrons. The minimum Gasteiger partial charge on any atom is -0.493 e. The summed E-state index contributed by atoms with van der Waals surface area (Å²) in [5, 5.41) is 8.33. The molecule has 13 heteroatoms. The molecule has 0 spiro atoms. The molecule has 1 N–H and O–H groups in total. The van der Waals surface area contributed by atoms with Crippen LogP contribution in [-0.2, 0) is 11.3 Å². The quantitative estimate of drug-likeness (QED) is 0.261. The lowest BCUT2D eigenvalue weighted by Gasteiger charge is -2.35. The molecule has 3 aromatic heterocycles. The average molecular weight is 645 g/mol. The first-order valence-electron chi connectivity index (χ1n) is 15.9. The number of ether oxygens (including phenoxy) is 1. The molecule has 246 valence electrons. The van der Waals surface area contributed by atoms with Gasteiger partial charge in [-0.25, -0.2) is 13.8 Å². The van der Waals surface area contributed by atoms with Gasteiger partial charge in [-0.3, -0.25) is 14.3 Å². The number of amides is 2. The Morgan fingerprint density at radius 1 is 1.09 bits per heavy atom. The third-order valence-corrected chi connectivity index (χ3v) is 8.63. The van der Waals surface area contributed by atoms with E-state index in [2.05, 4.69) is 33.3 Å². The van der Waals surface area contributed by atoms with E-state index in [-0.39, 0.29) is 23.8 Å². The van der Waals surface area contributed by atoms with Crippen LogP contribution >= 0.6 is 0 Å². The van der Waals surface area contributed by atoms with Gasteiger partial charge >= 0.3 is 0 Å². The molecular weight excluding hydrogens is 606 g/mol. The number of fused-ring (bicyclic) bond motifs is 1. The molecule has 1 aromatic carbocycles. The van der Waals surface area contributed by atoms with Crippen molar-refractivity contribution in [2.45, 2.75) is 39.2 Å². The number of hydrogen-bond donors (Lipinski definition) is 1. The second kappa shape index (κ2) is 14.1. The molecule has 6 rings (SSSR count). The van der Waals surface area contributed by atoms with Crippen LogP contribution in [-0.4, -0.2) is 93.0 Å². The summed E-state index contributed by atoms with van der Waals surface area (Å²) in [5.74, 6) is -0.334. The van der Waals surface area contributed by atoms with Crippen LogP contribution in [0.25, 0.3) is 22.6 Å². The number of carbonyl (C=O) groups is 2. The zero-order valence-electron chi connectivity index (χ0n) is 26.6.